The summed E-state index contributed by atoms with van der Waals surface area (Å²) in [6, 6.07) is 10.4. The fourth-order valence-corrected chi connectivity index (χ4v) is 4.46. The van der Waals surface area contributed by atoms with Crippen LogP contribution in [0.25, 0.3) is 10.9 Å². The van der Waals surface area contributed by atoms with Crippen molar-refractivity contribution in [3.8, 4) is 0 Å². The molecular formula is C26H35N3O4. The highest BCUT2D eigenvalue weighted by Gasteiger charge is 2.31. The minimum absolute atomic E-state index is 0.0615. The number of ether oxygens (including phenoxy) is 1. The quantitative estimate of drug-likeness (QED) is 0.527. The molecule has 7 nitrogen and oxygen atoms in total. The third kappa shape index (κ3) is 7.01. The van der Waals surface area contributed by atoms with E-state index >= 15 is 0 Å². The first-order valence-electron chi connectivity index (χ1n) is 12.1. The summed E-state index contributed by atoms with van der Waals surface area (Å²) in [5, 5.41) is 6.98. The monoisotopic (exact) mass is 453 g/mol. The van der Waals surface area contributed by atoms with Crippen molar-refractivity contribution in [3.63, 3.8) is 0 Å². The molecule has 3 rings (SSSR count). The fourth-order valence-electron chi connectivity index (χ4n) is 4.46. The number of carbonyl (C=O) groups is 3. The molecule has 1 aliphatic carbocycles. The number of para-hydroxylation sites is 1. The maximum absolute atomic E-state index is 13.2. The number of hydrogen-bond acceptors (Lipinski definition) is 5. The highest BCUT2D eigenvalue weighted by atomic mass is 16.5. The summed E-state index contributed by atoms with van der Waals surface area (Å²) >= 11 is 0. The predicted octanol–water partition coefficient (Wildman–Crippen LogP) is 4.15. The summed E-state index contributed by atoms with van der Waals surface area (Å²) in [5.74, 6) is -0.713. The molecule has 178 valence electrons. The molecule has 0 saturated heterocycles. The van der Waals surface area contributed by atoms with Gasteiger partial charge in [0.1, 0.15) is 11.7 Å². The third-order valence-electron chi connectivity index (χ3n) is 6.27. The van der Waals surface area contributed by atoms with Crippen LogP contribution in [0, 0.1) is 5.92 Å². The van der Waals surface area contributed by atoms with Crippen LogP contribution in [0.4, 0.5) is 0 Å². The zero-order valence-electron chi connectivity index (χ0n) is 19.6. The van der Waals surface area contributed by atoms with E-state index in [1.807, 2.05) is 30.3 Å². The van der Waals surface area contributed by atoms with Crippen LogP contribution in [0.1, 0.15) is 75.7 Å². The van der Waals surface area contributed by atoms with Crippen molar-refractivity contribution >= 4 is 28.7 Å². The van der Waals surface area contributed by atoms with Crippen LogP contribution in [0.2, 0.25) is 0 Å². The Morgan fingerprint density at radius 1 is 1.09 bits per heavy atom. The molecule has 3 atom stereocenters. The number of benzene rings is 1. The second-order valence-corrected chi connectivity index (χ2v) is 8.73. The SMILES string of the molecule is CCCC[C@H](NC(=O)c1ccc2ccccc2n1)C(=O)NC1CCCCC1CC(=O)OCC. The molecule has 1 saturated carbocycles. The first-order valence-corrected chi connectivity index (χ1v) is 12.1. The topological polar surface area (TPSA) is 97.4 Å². The van der Waals surface area contributed by atoms with Crippen LogP contribution in [-0.2, 0) is 14.3 Å². The molecule has 0 spiro atoms. The molecule has 1 heterocycles. The zero-order chi connectivity index (χ0) is 23.6. The van der Waals surface area contributed by atoms with Gasteiger partial charge in [-0.1, -0.05) is 56.9 Å². The van der Waals surface area contributed by atoms with Crippen LogP contribution in [-0.4, -0.2) is 41.5 Å². The Labute approximate surface area is 195 Å². The molecule has 0 aliphatic heterocycles. The van der Waals surface area contributed by atoms with Gasteiger partial charge in [-0.25, -0.2) is 4.98 Å². The number of fused-ring (bicyclic) bond motifs is 1. The molecule has 2 amide bonds. The number of unbranched alkanes of at least 4 members (excludes halogenated alkanes) is 1. The van der Waals surface area contributed by atoms with Crippen molar-refractivity contribution in [2.45, 2.75) is 77.3 Å². The molecule has 1 fully saturated rings. The van der Waals surface area contributed by atoms with E-state index in [-0.39, 0.29) is 29.7 Å². The molecule has 1 aromatic heterocycles. The van der Waals surface area contributed by atoms with Crippen LogP contribution < -0.4 is 10.6 Å². The van der Waals surface area contributed by atoms with Gasteiger partial charge >= 0.3 is 5.97 Å². The minimum atomic E-state index is -0.643. The Morgan fingerprint density at radius 3 is 2.67 bits per heavy atom. The minimum Gasteiger partial charge on any atom is -0.466 e. The Morgan fingerprint density at radius 2 is 1.88 bits per heavy atom. The van der Waals surface area contributed by atoms with Gasteiger partial charge in [-0.2, -0.15) is 0 Å². The number of nitrogens with one attached hydrogen (secondary N) is 2. The van der Waals surface area contributed by atoms with E-state index < -0.39 is 6.04 Å². The smallest absolute Gasteiger partial charge is 0.306 e. The lowest BCUT2D eigenvalue weighted by Crippen LogP contribution is -2.52. The Balaban J connectivity index is 1.67. The van der Waals surface area contributed by atoms with Gasteiger partial charge in [0, 0.05) is 11.4 Å². The molecule has 1 aliphatic rings. The lowest BCUT2D eigenvalue weighted by atomic mass is 9.82. The average Bonchev–Trinajstić information content (AvgIpc) is 2.82. The molecule has 0 bridgehead atoms. The van der Waals surface area contributed by atoms with Gasteiger partial charge in [-0.3, -0.25) is 14.4 Å². The van der Waals surface area contributed by atoms with Crippen LogP contribution >= 0.6 is 0 Å². The second kappa shape index (κ2) is 12.3. The van der Waals surface area contributed by atoms with E-state index in [1.165, 1.54) is 0 Å². The summed E-state index contributed by atoms with van der Waals surface area (Å²) in [7, 11) is 0. The summed E-state index contributed by atoms with van der Waals surface area (Å²) in [6.07, 6.45) is 6.37. The van der Waals surface area contributed by atoms with E-state index in [4.69, 9.17) is 4.74 Å². The van der Waals surface area contributed by atoms with E-state index in [0.717, 1.165) is 49.4 Å². The lowest BCUT2D eigenvalue weighted by molar-refractivity contribution is -0.145. The normalized spacial score (nSPS) is 19.0. The maximum atomic E-state index is 13.2. The first kappa shape index (κ1) is 24.7. The number of pyridine rings is 1. The highest BCUT2D eigenvalue weighted by molar-refractivity contribution is 5.97. The summed E-state index contributed by atoms with van der Waals surface area (Å²) in [5.41, 5.74) is 1.03. The van der Waals surface area contributed by atoms with Gasteiger partial charge < -0.3 is 15.4 Å². The van der Waals surface area contributed by atoms with Crippen molar-refractivity contribution in [2.24, 2.45) is 5.92 Å². The lowest BCUT2D eigenvalue weighted by Gasteiger charge is -2.33. The second-order valence-electron chi connectivity index (χ2n) is 8.73. The van der Waals surface area contributed by atoms with Crippen LogP contribution in [0.15, 0.2) is 36.4 Å². The zero-order valence-corrected chi connectivity index (χ0v) is 19.6. The highest BCUT2D eigenvalue weighted by Crippen LogP contribution is 2.27. The number of nitrogens with zero attached hydrogens (tertiary/aromatic N) is 1. The van der Waals surface area contributed by atoms with Crippen molar-refractivity contribution in [3.05, 3.63) is 42.1 Å². The number of hydrogen-bond donors (Lipinski definition) is 2. The average molecular weight is 454 g/mol. The molecule has 33 heavy (non-hydrogen) atoms. The van der Waals surface area contributed by atoms with Gasteiger partial charge in [0.2, 0.25) is 5.91 Å². The summed E-state index contributed by atoms with van der Waals surface area (Å²) in [4.78, 5) is 42.6. The molecule has 2 aromatic rings. The van der Waals surface area contributed by atoms with Crippen LogP contribution in [0.3, 0.4) is 0 Å². The number of aromatic nitrogens is 1. The summed E-state index contributed by atoms with van der Waals surface area (Å²) in [6.45, 7) is 4.21. The van der Waals surface area contributed by atoms with Crippen LogP contribution in [0.5, 0.6) is 0 Å². The largest absolute Gasteiger partial charge is 0.466 e. The molecule has 7 heteroatoms. The predicted molar refractivity (Wildman–Crippen MR) is 128 cm³/mol. The van der Waals surface area contributed by atoms with E-state index in [9.17, 15) is 14.4 Å². The van der Waals surface area contributed by atoms with Crippen molar-refractivity contribution in [1.29, 1.82) is 0 Å². The molecule has 0 radical (unpaired) electrons. The van der Waals surface area contributed by atoms with E-state index in [0.29, 0.717) is 25.1 Å². The Hall–Kier alpha value is -2.96. The van der Waals surface area contributed by atoms with Gasteiger partial charge in [-0.15, -0.1) is 0 Å². The Kier molecular flexibility index (Phi) is 9.22. The van der Waals surface area contributed by atoms with Gasteiger partial charge in [0.15, 0.2) is 0 Å². The van der Waals surface area contributed by atoms with Gasteiger partial charge in [0.25, 0.3) is 5.91 Å². The van der Waals surface area contributed by atoms with Gasteiger partial charge in [-0.05, 0) is 44.2 Å². The number of rotatable bonds is 10. The number of amides is 2. The Bertz CT molecular complexity index is 961. The van der Waals surface area contributed by atoms with Crippen molar-refractivity contribution in [1.82, 2.24) is 15.6 Å². The standard InChI is InChI=1S/C26H35N3O4/c1-3-5-12-22(29-26(32)23-16-15-18-10-6-8-13-20(18)27-23)25(31)28-21-14-9-7-11-19(21)17-24(30)33-4-2/h6,8,10,13,15-16,19,21-22H,3-5,7,9,11-12,14,17H2,1-2H3,(H,28,31)(H,29,32)/t19?,21?,22-/m0/s1. The van der Waals surface area contributed by atoms with E-state index in [2.05, 4.69) is 22.5 Å². The number of carbonyl (C=O) groups excluding carboxylic acids is 3. The fraction of sp³-hybridized carbons (Fsp3) is 0.538. The van der Waals surface area contributed by atoms with Crippen molar-refractivity contribution < 1.29 is 19.1 Å². The molecule has 1 aromatic carbocycles. The summed E-state index contributed by atoms with van der Waals surface area (Å²) < 4.78 is 5.12. The third-order valence-corrected chi connectivity index (χ3v) is 6.27. The number of esters is 1. The first-order chi connectivity index (χ1) is 16.0. The molecule has 2 unspecified atom stereocenters. The van der Waals surface area contributed by atoms with Crippen molar-refractivity contribution in [2.75, 3.05) is 6.61 Å². The van der Waals surface area contributed by atoms with Gasteiger partial charge in [0.05, 0.1) is 18.5 Å². The van der Waals surface area contributed by atoms with E-state index in [1.54, 1.807) is 13.0 Å². The molecular weight excluding hydrogens is 418 g/mol. The molecule has 2 N–H and O–H groups in total. The maximum Gasteiger partial charge on any atom is 0.306 e.